The summed E-state index contributed by atoms with van der Waals surface area (Å²) in [6.45, 7) is 1.79. The number of nitrogens with zero attached hydrogens (tertiary/aromatic N) is 1. The van der Waals surface area contributed by atoms with Crippen LogP contribution in [0.1, 0.15) is 47.6 Å². The molecular weight excluding hydrogens is 350 g/mol. The number of carbonyl (C=O) groups excluding carboxylic acids is 2. The largest absolute Gasteiger partial charge is 0.486 e. The number of rotatable bonds is 5. The lowest BCUT2D eigenvalue weighted by atomic mass is 10.0. The molecule has 2 aliphatic heterocycles. The molecule has 1 saturated heterocycles. The summed E-state index contributed by atoms with van der Waals surface area (Å²) in [5.74, 6) is 1.29. The third kappa shape index (κ3) is 3.46. The molecule has 1 atom stereocenters. The van der Waals surface area contributed by atoms with Crippen LogP contribution in [0, 0.1) is 0 Å². The van der Waals surface area contributed by atoms with Crippen molar-refractivity contribution in [2.24, 2.45) is 0 Å². The molecule has 3 heterocycles. The molecule has 2 aromatic rings. The van der Waals surface area contributed by atoms with E-state index in [1.54, 1.807) is 29.5 Å². The van der Waals surface area contributed by atoms with Crippen LogP contribution in [0.5, 0.6) is 11.5 Å². The Bertz CT molecular complexity index is 802. The fourth-order valence-corrected chi connectivity index (χ4v) is 4.31. The van der Waals surface area contributed by atoms with Gasteiger partial charge in [-0.05, 0) is 53.4 Å². The highest BCUT2D eigenvalue weighted by Gasteiger charge is 2.30. The molecule has 0 radical (unpaired) electrons. The minimum atomic E-state index is -0.0402. The van der Waals surface area contributed by atoms with Crippen LogP contribution in [-0.2, 0) is 4.79 Å². The van der Waals surface area contributed by atoms with Crippen LogP contribution in [-0.4, -0.2) is 36.3 Å². The zero-order valence-corrected chi connectivity index (χ0v) is 15.3. The molecule has 6 heteroatoms. The Morgan fingerprint density at radius 2 is 1.96 bits per heavy atom. The van der Waals surface area contributed by atoms with Crippen molar-refractivity contribution >= 4 is 23.0 Å². The second-order valence-electron chi connectivity index (χ2n) is 6.58. The summed E-state index contributed by atoms with van der Waals surface area (Å²) in [7, 11) is 0. The molecule has 0 N–H and O–H groups in total. The molecule has 1 fully saturated rings. The van der Waals surface area contributed by atoms with E-state index >= 15 is 0 Å². The molecular formula is C20H21NO4S. The Morgan fingerprint density at radius 1 is 1.12 bits per heavy atom. The van der Waals surface area contributed by atoms with Crippen LogP contribution in [0.2, 0.25) is 0 Å². The van der Waals surface area contributed by atoms with Gasteiger partial charge in [0.25, 0.3) is 0 Å². The van der Waals surface area contributed by atoms with E-state index in [0.29, 0.717) is 30.3 Å². The van der Waals surface area contributed by atoms with Crippen LogP contribution in [0.3, 0.4) is 0 Å². The SMILES string of the molecule is O=C(CCC(=O)N1CCC[C@@H]1c1ccsc1)c1ccc2c(c1)OCCO2. The summed E-state index contributed by atoms with van der Waals surface area (Å²) in [6, 6.07) is 7.46. The summed E-state index contributed by atoms with van der Waals surface area (Å²) < 4.78 is 11.0. The highest BCUT2D eigenvalue weighted by atomic mass is 32.1. The van der Waals surface area contributed by atoms with E-state index in [9.17, 15) is 9.59 Å². The first-order valence-electron chi connectivity index (χ1n) is 8.97. The van der Waals surface area contributed by atoms with E-state index in [0.717, 1.165) is 19.4 Å². The monoisotopic (exact) mass is 371 g/mol. The number of benzene rings is 1. The first kappa shape index (κ1) is 17.1. The number of amides is 1. The fourth-order valence-electron chi connectivity index (χ4n) is 3.60. The van der Waals surface area contributed by atoms with Gasteiger partial charge in [-0.3, -0.25) is 9.59 Å². The number of carbonyl (C=O) groups is 2. The fraction of sp³-hybridized carbons (Fsp3) is 0.400. The molecule has 26 heavy (non-hydrogen) atoms. The smallest absolute Gasteiger partial charge is 0.223 e. The maximum absolute atomic E-state index is 12.7. The predicted molar refractivity (Wildman–Crippen MR) is 99.0 cm³/mol. The van der Waals surface area contributed by atoms with Gasteiger partial charge in [-0.25, -0.2) is 0 Å². The van der Waals surface area contributed by atoms with Gasteiger partial charge in [0.05, 0.1) is 6.04 Å². The number of likely N-dealkylation sites (tertiary alicyclic amines) is 1. The van der Waals surface area contributed by atoms with Crippen LogP contribution in [0.4, 0.5) is 0 Å². The molecule has 0 bridgehead atoms. The van der Waals surface area contributed by atoms with Crippen LogP contribution < -0.4 is 9.47 Å². The van der Waals surface area contributed by atoms with Crippen LogP contribution >= 0.6 is 11.3 Å². The molecule has 0 saturated carbocycles. The van der Waals surface area contributed by atoms with E-state index in [1.807, 2.05) is 10.3 Å². The van der Waals surface area contributed by atoms with E-state index in [-0.39, 0.29) is 30.6 Å². The van der Waals surface area contributed by atoms with Gasteiger partial charge in [0, 0.05) is 24.9 Å². The molecule has 4 rings (SSSR count). The number of ether oxygens (including phenoxy) is 2. The zero-order chi connectivity index (χ0) is 17.9. The highest BCUT2D eigenvalue weighted by molar-refractivity contribution is 7.08. The van der Waals surface area contributed by atoms with Crippen molar-refractivity contribution in [1.29, 1.82) is 0 Å². The topological polar surface area (TPSA) is 55.8 Å². The maximum atomic E-state index is 12.7. The van der Waals surface area contributed by atoms with E-state index in [2.05, 4.69) is 11.4 Å². The lowest BCUT2D eigenvalue weighted by Gasteiger charge is -2.24. The third-order valence-electron chi connectivity index (χ3n) is 4.93. The van der Waals surface area contributed by atoms with Crippen LogP contribution in [0.25, 0.3) is 0 Å². The number of ketones is 1. The van der Waals surface area contributed by atoms with Crippen molar-refractivity contribution in [3.63, 3.8) is 0 Å². The van der Waals surface area contributed by atoms with Gasteiger partial charge in [0.2, 0.25) is 5.91 Å². The minimum Gasteiger partial charge on any atom is -0.486 e. The molecule has 136 valence electrons. The van der Waals surface area contributed by atoms with Gasteiger partial charge in [-0.1, -0.05) is 0 Å². The third-order valence-corrected chi connectivity index (χ3v) is 5.63. The normalized spacial score (nSPS) is 18.8. The summed E-state index contributed by atoms with van der Waals surface area (Å²) in [6.07, 6.45) is 2.47. The van der Waals surface area contributed by atoms with Crippen molar-refractivity contribution < 1.29 is 19.1 Å². The van der Waals surface area contributed by atoms with E-state index in [4.69, 9.17) is 9.47 Å². The average molecular weight is 371 g/mol. The first-order chi connectivity index (χ1) is 12.7. The number of hydrogen-bond donors (Lipinski definition) is 0. The Balaban J connectivity index is 1.37. The van der Waals surface area contributed by atoms with Crippen molar-refractivity contribution in [2.45, 2.75) is 31.7 Å². The van der Waals surface area contributed by atoms with Gasteiger partial charge < -0.3 is 14.4 Å². The molecule has 0 spiro atoms. The highest BCUT2D eigenvalue weighted by Crippen LogP contribution is 2.34. The molecule has 1 aromatic carbocycles. The molecule has 5 nitrogen and oxygen atoms in total. The lowest BCUT2D eigenvalue weighted by molar-refractivity contribution is -0.132. The van der Waals surface area contributed by atoms with Gasteiger partial charge >= 0.3 is 0 Å². The maximum Gasteiger partial charge on any atom is 0.223 e. The Labute approximate surface area is 156 Å². The molecule has 2 aliphatic rings. The van der Waals surface area contributed by atoms with Gasteiger partial charge in [-0.15, -0.1) is 0 Å². The number of fused-ring (bicyclic) bond motifs is 1. The van der Waals surface area contributed by atoms with Crippen LogP contribution in [0.15, 0.2) is 35.0 Å². The van der Waals surface area contributed by atoms with Crippen molar-refractivity contribution in [3.8, 4) is 11.5 Å². The zero-order valence-electron chi connectivity index (χ0n) is 14.5. The van der Waals surface area contributed by atoms with Crippen molar-refractivity contribution in [3.05, 3.63) is 46.2 Å². The summed E-state index contributed by atoms with van der Waals surface area (Å²) >= 11 is 1.65. The van der Waals surface area contributed by atoms with Gasteiger partial charge in [-0.2, -0.15) is 11.3 Å². The Hall–Kier alpha value is -2.34. The lowest BCUT2D eigenvalue weighted by Crippen LogP contribution is -2.30. The second kappa shape index (κ2) is 7.50. The van der Waals surface area contributed by atoms with E-state index in [1.165, 1.54) is 5.56 Å². The van der Waals surface area contributed by atoms with Gasteiger partial charge in [0.15, 0.2) is 17.3 Å². The number of hydrogen-bond acceptors (Lipinski definition) is 5. The summed E-state index contributed by atoms with van der Waals surface area (Å²) in [5, 5.41) is 4.15. The average Bonchev–Trinajstić information content (AvgIpc) is 3.36. The quantitative estimate of drug-likeness (QED) is 0.749. The summed E-state index contributed by atoms with van der Waals surface area (Å²) in [5.41, 5.74) is 1.77. The molecule has 0 aliphatic carbocycles. The first-order valence-corrected chi connectivity index (χ1v) is 9.91. The second-order valence-corrected chi connectivity index (χ2v) is 7.36. The standard InChI is InChI=1S/C20H21NO4S/c22-17(14-3-5-18-19(12-14)25-10-9-24-18)4-6-20(23)21-8-1-2-16(21)15-7-11-26-13-15/h3,5,7,11-13,16H,1-2,4,6,8-10H2/t16-/m1/s1. The summed E-state index contributed by atoms with van der Waals surface area (Å²) in [4.78, 5) is 27.1. The molecule has 1 aromatic heterocycles. The Kier molecular flexibility index (Phi) is 4.93. The molecule has 0 unspecified atom stereocenters. The predicted octanol–water partition coefficient (Wildman–Crippen LogP) is 3.85. The van der Waals surface area contributed by atoms with Crippen molar-refractivity contribution in [1.82, 2.24) is 4.90 Å². The Morgan fingerprint density at radius 3 is 2.77 bits per heavy atom. The number of thiophene rings is 1. The number of Topliss-reactive ketones (excluding diaryl/α,β-unsaturated/α-hetero) is 1. The minimum absolute atomic E-state index is 0.0402. The van der Waals surface area contributed by atoms with Crippen molar-refractivity contribution in [2.75, 3.05) is 19.8 Å². The van der Waals surface area contributed by atoms with Gasteiger partial charge in [0.1, 0.15) is 13.2 Å². The van der Waals surface area contributed by atoms with E-state index < -0.39 is 0 Å². The molecule has 1 amide bonds.